The molecule has 0 aliphatic carbocycles. The summed E-state index contributed by atoms with van der Waals surface area (Å²) in [6.07, 6.45) is 1.06. The van der Waals surface area contributed by atoms with E-state index < -0.39 is 0 Å². The Balaban J connectivity index is 2.01. The number of methoxy groups -OCH3 is 1. The lowest BCUT2D eigenvalue weighted by molar-refractivity contribution is 0.00578. The molecule has 3 rings (SSSR count). The van der Waals surface area contributed by atoms with Crippen molar-refractivity contribution in [1.29, 1.82) is 0 Å². The first-order valence-corrected chi connectivity index (χ1v) is 7.98. The van der Waals surface area contributed by atoms with Gasteiger partial charge < -0.3 is 18.9 Å². The number of fused-ring (bicyclic) bond motifs is 1. The number of hydrogen-bond donors (Lipinski definition) is 0. The minimum atomic E-state index is -0.377. The fourth-order valence-corrected chi connectivity index (χ4v) is 3.15. The van der Waals surface area contributed by atoms with E-state index in [0.717, 1.165) is 30.7 Å². The van der Waals surface area contributed by atoms with Crippen LogP contribution in [0, 0.1) is 0 Å². The molecule has 1 aromatic carbocycles. The van der Waals surface area contributed by atoms with Crippen LogP contribution < -0.4 is 10.2 Å². The summed E-state index contributed by atoms with van der Waals surface area (Å²) in [4.78, 5) is 2.32. The maximum absolute atomic E-state index is 6.19. The summed E-state index contributed by atoms with van der Waals surface area (Å²) in [7, 11) is 3.50. The molecule has 0 saturated carbocycles. The molecule has 0 N–H and O–H groups in total. The number of nitrogens with zero attached hydrogens (tertiary/aromatic N) is 1. The van der Waals surface area contributed by atoms with Crippen molar-refractivity contribution >= 4 is 12.6 Å². The van der Waals surface area contributed by atoms with Gasteiger partial charge in [-0.15, -0.1) is 0 Å². The number of likely N-dealkylation sites (N-methyl/N-ethyl adjacent to an activating group) is 1. The lowest BCUT2D eigenvalue weighted by atomic mass is 9.76. The summed E-state index contributed by atoms with van der Waals surface area (Å²) in [5.74, 6) is 0.919. The van der Waals surface area contributed by atoms with Crippen molar-refractivity contribution < 1.29 is 14.0 Å². The van der Waals surface area contributed by atoms with Gasteiger partial charge in [-0.05, 0) is 46.7 Å². The van der Waals surface area contributed by atoms with Crippen LogP contribution in [-0.4, -0.2) is 43.9 Å². The third-order valence-electron chi connectivity index (χ3n) is 5.29. The van der Waals surface area contributed by atoms with Crippen molar-refractivity contribution in [2.24, 2.45) is 0 Å². The molecule has 5 heteroatoms. The molecule has 0 bridgehead atoms. The maximum Gasteiger partial charge on any atom is 0.498 e. The van der Waals surface area contributed by atoms with Gasteiger partial charge in [0.15, 0.2) is 0 Å². The molecular weight excluding hydrogens is 277 g/mol. The predicted octanol–water partition coefficient (Wildman–Crippen LogP) is 1.98. The fourth-order valence-electron chi connectivity index (χ4n) is 3.15. The minimum Gasteiger partial charge on any atom is -0.497 e. The number of hydrogen-bond acceptors (Lipinski definition) is 4. The third-order valence-corrected chi connectivity index (χ3v) is 5.29. The summed E-state index contributed by atoms with van der Waals surface area (Å²) < 4.78 is 18.1. The molecule has 22 heavy (non-hydrogen) atoms. The van der Waals surface area contributed by atoms with Crippen LogP contribution in [0.5, 0.6) is 5.75 Å². The smallest absolute Gasteiger partial charge is 0.497 e. The van der Waals surface area contributed by atoms with Gasteiger partial charge in [0, 0.05) is 24.1 Å². The van der Waals surface area contributed by atoms with E-state index in [1.54, 1.807) is 7.11 Å². The van der Waals surface area contributed by atoms with E-state index in [4.69, 9.17) is 14.0 Å². The predicted molar refractivity (Wildman–Crippen MR) is 88.7 cm³/mol. The summed E-state index contributed by atoms with van der Waals surface area (Å²) >= 11 is 0. The second-order valence-electron chi connectivity index (χ2n) is 7.40. The van der Waals surface area contributed by atoms with E-state index in [9.17, 15) is 0 Å². The Labute approximate surface area is 133 Å². The first-order chi connectivity index (χ1) is 10.2. The molecule has 0 unspecified atom stereocenters. The monoisotopic (exact) mass is 303 g/mol. The quantitative estimate of drug-likeness (QED) is 0.782. The van der Waals surface area contributed by atoms with Gasteiger partial charge in [0.1, 0.15) is 5.75 Å². The molecule has 1 saturated heterocycles. The Bertz CT molecular complexity index is 570. The van der Waals surface area contributed by atoms with Crippen molar-refractivity contribution in [3.8, 4) is 5.75 Å². The lowest BCUT2D eigenvalue weighted by Gasteiger charge is -2.32. The van der Waals surface area contributed by atoms with Crippen molar-refractivity contribution in [2.45, 2.75) is 51.9 Å². The summed E-state index contributed by atoms with van der Waals surface area (Å²) in [6.45, 7) is 10.3. The van der Waals surface area contributed by atoms with Crippen LogP contribution in [0.1, 0.15) is 38.8 Å². The number of benzene rings is 1. The molecule has 120 valence electrons. The highest BCUT2D eigenvalue weighted by Crippen LogP contribution is 2.38. The van der Waals surface area contributed by atoms with Gasteiger partial charge in [-0.2, -0.15) is 0 Å². The molecule has 4 nitrogen and oxygen atoms in total. The molecule has 0 atom stereocenters. The largest absolute Gasteiger partial charge is 0.498 e. The van der Waals surface area contributed by atoms with Gasteiger partial charge in [0.2, 0.25) is 0 Å². The zero-order valence-corrected chi connectivity index (χ0v) is 14.5. The molecule has 0 amide bonds. The lowest BCUT2D eigenvalue weighted by Crippen LogP contribution is -2.41. The molecule has 0 spiro atoms. The highest BCUT2D eigenvalue weighted by molar-refractivity contribution is 6.63. The van der Waals surface area contributed by atoms with Gasteiger partial charge in [0.05, 0.1) is 18.3 Å². The normalized spacial score (nSPS) is 23.5. The Hall–Kier alpha value is -1.04. The summed E-state index contributed by atoms with van der Waals surface area (Å²) in [5, 5.41) is 0. The molecule has 1 fully saturated rings. The van der Waals surface area contributed by atoms with Crippen LogP contribution in [-0.2, 0) is 22.3 Å². The van der Waals surface area contributed by atoms with Gasteiger partial charge >= 0.3 is 7.12 Å². The van der Waals surface area contributed by atoms with E-state index in [0.29, 0.717) is 0 Å². The second-order valence-corrected chi connectivity index (χ2v) is 7.40. The van der Waals surface area contributed by atoms with Crippen LogP contribution in [0.3, 0.4) is 0 Å². The van der Waals surface area contributed by atoms with E-state index in [1.807, 2.05) is 0 Å². The van der Waals surface area contributed by atoms with Gasteiger partial charge in [-0.1, -0.05) is 12.1 Å². The summed E-state index contributed by atoms with van der Waals surface area (Å²) in [6, 6.07) is 4.30. The minimum absolute atomic E-state index is 0.338. The van der Waals surface area contributed by atoms with Crippen LogP contribution in [0.25, 0.3) is 0 Å². The van der Waals surface area contributed by atoms with Crippen molar-refractivity contribution in [2.75, 3.05) is 20.7 Å². The van der Waals surface area contributed by atoms with Crippen LogP contribution >= 0.6 is 0 Å². The van der Waals surface area contributed by atoms with Crippen molar-refractivity contribution in [1.82, 2.24) is 4.90 Å². The Morgan fingerprint density at radius 3 is 2.36 bits per heavy atom. The number of ether oxygens (including phenoxy) is 1. The van der Waals surface area contributed by atoms with E-state index in [1.165, 1.54) is 11.1 Å². The highest BCUT2D eigenvalue weighted by Gasteiger charge is 2.52. The standard InChI is InChI=1S/C17H26BNO3/c1-16(2)17(3,4)22-18(21-16)14-8-7-12-9-10-19(5)11-13(12)15(14)20-6/h7-8H,9-11H2,1-6H3. The zero-order valence-electron chi connectivity index (χ0n) is 14.5. The first-order valence-electron chi connectivity index (χ1n) is 7.98. The van der Waals surface area contributed by atoms with Crippen molar-refractivity contribution in [3.05, 3.63) is 23.3 Å². The molecule has 1 aromatic rings. The van der Waals surface area contributed by atoms with Crippen LogP contribution in [0.4, 0.5) is 0 Å². The second kappa shape index (κ2) is 5.26. The van der Waals surface area contributed by atoms with Crippen LogP contribution in [0.15, 0.2) is 12.1 Å². The maximum atomic E-state index is 6.19. The fraction of sp³-hybridized carbons (Fsp3) is 0.647. The average molecular weight is 303 g/mol. The summed E-state index contributed by atoms with van der Waals surface area (Å²) in [5.41, 5.74) is 2.96. The molecule has 0 radical (unpaired) electrons. The first kappa shape index (κ1) is 15.8. The number of rotatable bonds is 2. The molecule has 2 aliphatic rings. The average Bonchev–Trinajstić information content (AvgIpc) is 2.65. The van der Waals surface area contributed by atoms with E-state index in [2.05, 4.69) is 51.8 Å². The van der Waals surface area contributed by atoms with Gasteiger partial charge in [-0.3, -0.25) is 0 Å². The Morgan fingerprint density at radius 2 is 1.77 bits per heavy atom. The molecule has 2 heterocycles. The third kappa shape index (κ3) is 2.45. The molecule has 0 aromatic heterocycles. The topological polar surface area (TPSA) is 30.9 Å². The Morgan fingerprint density at radius 1 is 1.14 bits per heavy atom. The van der Waals surface area contributed by atoms with E-state index >= 15 is 0 Å². The highest BCUT2D eigenvalue weighted by atomic mass is 16.7. The van der Waals surface area contributed by atoms with Crippen LogP contribution in [0.2, 0.25) is 0 Å². The Kier molecular flexibility index (Phi) is 3.79. The zero-order chi connectivity index (χ0) is 16.1. The molecule has 2 aliphatic heterocycles. The van der Waals surface area contributed by atoms with Gasteiger partial charge in [-0.25, -0.2) is 0 Å². The van der Waals surface area contributed by atoms with E-state index in [-0.39, 0.29) is 18.3 Å². The molecular formula is C17H26BNO3. The SMILES string of the molecule is COc1c(B2OC(C)(C)C(C)(C)O2)ccc2c1CN(C)CC2. The van der Waals surface area contributed by atoms with Crippen molar-refractivity contribution in [3.63, 3.8) is 0 Å². The van der Waals surface area contributed by atoms with Gasteiger partial charge in [0.25, 0.3) is 0 Å².